The zero-order valence-corrected chi connectivity index (χ0v) is 10.6. The van der Waals surface area contributed by atoms with E-state index in [1.165, 1.54) is 12.8 Å². The molecule has 4 nitrogen and oxygen atoms in total. The van der Waals surface area contributed by atoms with Crippen molar-refractivity contribution in [3.63, 3.8) is 0 Å². The minimum absolute atomic E-state index is 0.436. The number of hydrogen-bond donors (Lipinski definition) is 2. The molecule has 0 aliphatic heterocycles. The fourth-order valence-electron chi connectivity index (χ4n) is 2.09. The van der Waals surface area contributed by atoms with E-state index in [-0.39, 0.29) is 0 Å². The number of rotatable bonds is 6. The van der Waals surface area contributed by atoms with E-state index >= 15 is 0 Å². The molecule has 1 aliphatic carbocycles. The summed E-state index contributed by atoms with van der Waals surface area (Å²) < 4.78 is 0. The molecule has 0 unspecified atom stereocenters. The molecule has 0 spiro atoms. The lowest BCUT2D eigenvalue weighted by Gasteiger charge is -2.06. The summed E-state index contributed by atoms with van der Waals surface area (Å²) in [5, 5.41) is 1.12. The molecule has 98 valence electrons. The van der Waals surface area contributed by atoms with Crippen LogP contribution in [0.15, 0.2) is 36.2 Å². The van der Waals surface area contributed by atoms with Gasteiger partial charge in [0.25, 0.3) is 0 Å². The fraction of sp³-hybridized carbons (Fsp3) is 0.333. The molecule has 1 aliphatic rings. The number of aromatic nitrogens is 1. The third kappa shape index (κ3) is 2.87. The van der Waals surface area contributed by atoms with Crippen LogP contribution in [0.5, 0.6) is 0 Å². The van der Waals surface area contributed by atoms with Gasteiger partial charge in [0.05, 0.1) is 6.61 Å². The van der Waals surface area contributed by atoms with Crippen molar-refractivity contribution in [2.45, 2.75) is 19.3 Å². The number of benzene rings is 1. The van der Waals surface area contributed by atoms with Crippen molar-refractivity contribution in [1.82, 2.24) is 10.5 Å². The number of allylic oxidation sites excluding steroid dienone is 1. The summed E-state index contributed by atoms with van der Waals surface area (Å²) in [5.74, 6) is 2.58. The van der Waals surface area contributed by atoms with Gasteiger partial charge in [-0.1, -0.05) is 18.2 Å². The first-order chi connectivity index (χ1) is 9.36. The SMILES string of the molecule is O=C=C(Cc1c[nH]c2ccccc12)NOCC1CC1. The molecule has 0 amide bonds. The first-order valence-corrected chi connectivity index (χ1v) is 6.53. The van der Waals surface area contributed by atoms with Crippen LogP contribution in [0.2, 0.25) is 0 Å². The standard InChI is InChI=1S/C15H16N2O2/c18-9-13(17-19-10-11-5-6-11)7-12-8-16-15-4-2-1-3-14(12)15/h1-4,8,11,16-17H,5-7,10H2. The lowest BCUT2D eigenvalue weighted by Crippen LogP contribution is -2.17. The van der Waals surface area contributed by atoms with Crippen LogP contribution < -0.4 is 5.48 Å². The largest absolute Gasteiger partial charge is 0.361 e. The summed E-state index contributed by atoms with van der Waals surface area (Å²) in [6.07, 6.45) is 4.87. The van der Waals surface area contributed by atoms with Crippen molar-refractivity contribution >= 4 is 16.8 Å². The molecule has 1 heterocycles. The average Bonchev–Trinajstić information content (AvgIpc) is 3.18. The van der Waals surface area contributed by atoms with Crippen molar-refractivity contribution in [3.8, 4) is 0 Å². The Balaban J connectivity index is 1.66. The zero-order chi connectivity index (χ0) is 13.1. The Kier molecular flexibility index (Phi) is 3.36. The summed E-state index contributed by atoms with van der Waals surface area (Å²) in [5.41, 5.74) is 5.30. The van der Waals surface area contributed by atoms with E-state index in [1.807, 2.05) is 36.4 Å². The first kappa shape index (κ1) is 12.0. The number of hydrogen-bond acceptors (Lipinski definition) is 3. The second-order valence-electron chi connectivity index (χ2n) is 4.97. The van der Waals surface area contributed by atoms with Gasteiger partial charge in [-0.2, -0.15) is 0 Å². The molecule has 0 atom stereocenters. The highest BCUT2D eigenvalue weighted by Crippen LogP contribution is 2.28. The van der Waals surface area contributed by atoms with E-state index < -0.39 is 0 Å². The second-order valence-corrected chi connectivity index (χ2v) is 4.97. The molecule has 1 aromatic heterocycles. The predicted octanol–water partition coefficient (Wildman–Crippen LogP) is 2.36. The Bertz CT molecular complexity index is 622. The molecule has 3 rings (SSSR count). The molecular formula is C15H16N2O2. The molecule has 19 heavy (non-hydrogen) atoms. The lowest BCUT2D eigenvalue weighted by atomic mass is 10.1. The Hall–Kier alpha value is -2.03. The molecule has 2 N–H and O–H groups in total. The number of aromatic amines is 1. The normalized spacial score (nSPS) is 14.3. The number of fused-ring (bicyclic) bond motifs is 1. The van der Waals surface area contributed by atoms with Gasteiger partial charge in [-0.15, -0.1) is 0 Å². The van der Waals surface area contributed by atoms with E-state index in [9.17, 15) is 4.79 Å². The van der Waals surface area contributed by atoms with Gasteiger partial charge in [-0.3, -0.25) is 10.3 Å². The lowest BCUT2D eigenvalue weighted by molar-refractivity contribution is 0.0543. The van der Waals surface area contributed by atoms with Crippen LogP contribution in [0.3, 0.4) is 0 Å². The number of nitrogens with one attached hydrogen (secondary N) is 2. The molecular weight excluding hydrogens is 240 g/mol. The van der Waals surface area contributed by atoms with Gasteiger partial charge in [0.15, 0.2) is 0 Å². The Morgan fingerprint density at radius 2 is 2.26 bits per heavy atom. The molecule has 0 bridgehead atoms. The van der Waals surface area contributed by atoms with E-state index in [4.69, 9.17) is 4.84 Å². The minimum Gasteiger partial charge on any atom is -0.361 e. The van der Waals surface area contributed by atoms with Crippen LogP contribution in [0.1, 0.15) is 18.4 Å². The quantitative estimate of drug-likeness (QED) is 0.616. The maximum absolute atomic E-state index is 10.9. The number of hydroxylamine groups is 1. The van der Waals surface area contributed by atoms with Gasteiger partial charge in [0, 0.05) is 23.5 Å². The van der Waals surface area contributed by atoms with E-state index in [2.05, 4.69) is 10.5 Å². The Morgan fingerprint density at radius 3 is 3.05 bits per heavy atom. The molecule has 2 aromatic rings. The van der Waals surface area contributed by atoms with Crippen molar-refractivity contribution in [1.29, 1.82) is 0 Å². The molecule has 0 radical (unpaired) electrons. The topological polar surface area (TPSA) is 54.1 Å². The van der Waals surface area contributed by atoms with Gasteiger partial charge >= 0.3 is 0 Å². The number of H-pyrrole nitrogens is 1. The maximum Gasteiger partial charge on any atom is 0.148 e. The smallest absolute Gasteiger partial charge is 0.148 e. The minimum atomic E-state index is 0.436. The van der Waals surface area contributed by atoms with Gasteiger partial charge in [-0.25, -0.2) is 4.79 Å². The second kappa shape index (κ2) is 5.31. The van der Waals surface area contributed by atoms with Crippen LogP contribution in [0.25, 0.3) is 10.9 Å². The molecule has 1 saturated carbocycles. The molecule has 4 heteroatoms. The zero-order valence-electron chi connectivity index (χ0n) is 10.6. The summed E-state index contributed by atoms with van der Waals surface area (Å²) in [7, 11) is 0. The average molecular weight is 256 g/mol. The molecule has 1 aromatic carbocycles. The first-order valence-electron chi connectivity index (χ1n) is 6.53. The summed E-state index contributed by atoms with van der Waals surface area (Å²) in [6, 6.07) is 8.02. The molecule has 1 fully saturated rings. The Morgan fingerprint density at radius 1 is 1.42 bits per heavy atom. The van der Waals surface area contributed by atoms with Gasteiger partial charge < -0.3 is 4.98 Å². The number of carbonyl (C=O) groups excluding carboxylic acids is 1. The van der Waals surface area contributed by atoms with Crippen LogP contribution >= 0.6 is 0 Å². The third-order valence-electron chi connectivity index (χ3n) is 3.38. The van der Waals surface area contributed by atoms with Gasteiger partial charge in [0.1, 0.15) is 11.6 Å². The fourth-order valence-corrected chi connectivity index (χ4v) is 2.09. The highest BCUT2D eigenvalue weighted by molar-refractivity contribution is 5.83. The van der Waals surface area contributed by atoms with E-state index in [0.717, 1.165) is 16.5 Å². The van der Waals surface area contributed by atoms with Gasteiger partial charge in [-0.05, 0) is 30.4 Å². The monoisotopic (exact) mass is 256 g/mol. The highest BCUT2D eigenvalue weighted by Gasteiger charge is 2.21. The van der Waals surface area contributed by atoms with Crippen molar-refractivity contribution in [3.05, 3.63) is 41.7 Å². The van der Waals surface area contributed by atoms with Crippen LogP contribution in [0, 0.1) is 5.92 Å². The van der Waals surface area contributed by atoms with E-state index in [1.54, 1.807) is 0 Å². The van der Waals surface area contributed by atoms with Crippen LogP contribution in [-0.2, 0) is 16.1 Å². The molecule has 0 saturated heterocycles. The van der Waals surface area contributed by atoms with Crippen molar-refractivity contribution in [2.75, 3.05) is 6.61 Å². The van der Waals surface area contributed by atoms with E-state index in [0.29, 0.717) is 24.6 Å². The van der Waals surface area contributed by atoms with Crippen molar-refractivity contribution in [2.24, 2.45) is 5.92 Å². The summed E-state index contributed by atoms with van der Waals surface area (Å²) in [6.45, 7) is 0.666. The third-order valence-corrected chi connectivity index (χ3v) is 3.38. The van der Waals surface area contributed by atoms with Crippen LogP contribution in [-0.4, -0.2) is 17.5 Å². The highest BCUT2D eigenvalue weighted by atomic mass is 16.6. The van der Waals surface area contributed by atoms with Gasteiger partial charge in [0.2, 0.25) is 0 Å². The van der Waals surface area contributed by atoms with Crippen LogP contribution in [0.4, 0.5) is 0 Å². The summed E-state index contributed by atoms with van der Waals surface area (Å²) in [4.78, 5) is 19.4. The Labute approximate surface area is 111 Å². The predicted molar refractivity (Wildman–Crippen MR) is 73.0 cm³/mol. The summed E-state index contributed by atoms with van der Waals surface area (Å²) >= 11 is 0. The van der Waals surface area contributed by atoms with Crippen molar-refractivity contribution < 1.29 is 9.63 Å². The number of para-hydroxylation sites is 1. The maximum atomic E-state index is 10.9.